The fraction of sp³-hybridized carbons (Fsp3) is 0.111. The summed E-state index contributed by atoms with van der Waals surface area (Å²) in [6.45, 7) is 1.88. The molecule has 1 N–H and O–H groups in total. The van der Waals surface area contributed by atoms with Gasteiger partial charge in [-0.25, -0.2) is 4.98 Å². The first-order valence-electron chi connectivity index (χ1n) is 7.69. The Bertz CT molecular complexity index is 970. The van der Waals surface area contributed by atoms with Gasteiger partial charge in [0.2, 0.25) is 0 Å². The molecule has 0 fully saturated rings. The lowest BCUT2D eigenvalue weighted by Gasteiger charge is -2.03. The molecule has 1 amide bonds. The number of nitro benzene ring substituents is 1. The summed E-state index contributed by atoms with van der Waals surface area (Å²) >= 11 is 4.77. The van der Waals surface area contributed by atoms with Crippen molar-refractivity contribution in [1.29, 1.82) is 0 Å². The summed E-state index contributed by atoms with van der Waals surface area (Å²) in [6.07, 6.45) is 0.604. The molecular weight excluding hydrogens is 418 g/mol. The van der Waals surface area contributed by atoms with Gasteiger partial charge in [0.25, 0.3) is 11.6 Å². The van der Waals surface area contributed by atoms with Gasteiger partial charge in [-0.05, 0) is 40.5 Å². The monoisotopic (exact) mass is 431 g/mol. The van der Waals surface area contributed by atoms with E-state index >= 15 is 0 Å². The number of aromatic nitrogens is 1. The number of anilines is 1. The van der Waals surface area contributed by atoms with Gasteiger partial charge in [0.05, 0.1) is 16.2 Å². The van der Waals surface area contributed by atoms with Crippen LogP contribution in [-0.4, -0.2) is 15.8 Å². The zero-order valence-corrected chi connectivity index (χ0v) is 16.1. The Labute approximate surface area is 162 Å². The third kappa shape index (κ3) is 4.14. The van der Waals surface area contributed by atoms with Crippen molar-refractivity contribution in [2.24, 2.45) is 0 Å². The van der Waals surface area contributed by atoms with Crippen molar-refractivity contribution in [3.63, 3.8) is 0 Å². The largest absolute Gasteiger partial charge is 0.298 e. The molecule has 1 heterocycles. The number of hydrogen-bond donors (Lipinski definition) is 1. The average molecular weight is 432 g/mol. The van der Waals surface area contributed by atoms with E-state index in [4.69, 9.17) is 0 Å². The molecule has 8 heteroatoms. The Balaban J connectivity index is 1.74. The number of benzene rings is 2. The van der Waals surface area contributed by atoms with E-state index < -0.39 is 4.92 Å². The van der Waals surface area contributed by atoms with Crippen LogP contribution in [0.3, 0.4) is 0 Å². The maximum Gasteiger partial charge on any atom is 0.269 e. The van der Waals surface area contributed by atoms with Gasteiger partial charge in [0, 0.05) is 27.9 Å². The molecule has 132 valence electrons. The molecule has 2 aromatic carbocycles. The molecule has 1 aromatic heterocycles. The van der Waals surface area contributed by atoms with Gasteiger partial charge in [-0.1, -0.05) is 24.3 Å². The molecule has 0 bridgehead atoms. The van der Waals surface area contributed by atoms with Gasteiger partial charge in [0.15, 0.2) is 5.13 Å². The van der Waals surface area contributed by atoms with Crippen LogP contribution in [0.4, 0.5) is 10.8 Å². The second-order valence-corrected chi connectivity index (χ2v) is 7.50. The van der Waals surface area contributed by atoms with Crippen molar-refractivity contribution in [1.82, 2.24) is 4.98 Å². The molecule has 0 saturated carbocycles. The Morgan fingerprint density at radius 1 is 1.23 bits per heavy atom. The summed E-state index contributed by atoms with van der Waals surface area (Å²) in [7, 11) is 0. The Morgan fingerprint density at radius 2 is 1.92 bits per heavy atom. The molecule has 6 nitrogen and oxygen atoms in total. The van der Waals surface area contributed by atoms with Gasteiger partial charge in [0.1, 0.15) is 0 Å². The number of non-ortho nitro benzene ring substituents is 1. The maximum absolute atomic E-state index is 12.4. The van der Waals surface area contributed by atoms with Crippen molar-refractivity contribution in [2.45, 2.75) is 13.3 Å². The number of nitro groups is 1. The summed E-state index contributed by atoms with van der Waals surface area (Å²) < 4.78 is 0.719. The molecule has 0 unspecified atom stereocenters. The minimum atomic E-state index is -0.420. The number of nitrogens with zero attached hydrogens (tertiary/aromatic N) is 2. The van der Waals surface area contributed by atoms with Crippen molar-refractivity contribution >= 4 is 44.0 Å². The van der Waals surface area contributed by atoms with Crippen LogP contribution in [0.2, 0.25) is 0 Å². The van der Waals surface area contributed by atoms with Crippen LogP contribution in [0, 0.1) is 17.0 Å². The van der Waals surface area contributed by atoms with Crippen molar-refractivity contribution in [2.75, 3.05) is 5.32 Å². The second-order valence-electron chi connectivity index (χ2n) is 5.56. The molecular formula is C18H14BrN3O3S. The van der Waals surface area contributed by atoms with Gasteiger partial charge in [-0.3, -0.25) is 20.2 Å². The summed E-state index contributed by atoms with van der Waals surface area (Å²) in [5.74, 6) is -0.229. The van der Waals surface area contributed by atoms with Gasteiger partial charge < -0.3 is 0 Å². The Hall–Kier alpha value is -2.58. The number of halogens is 1. The van der Waals surface area contributed by atoms with Crippen LogP contribution in [0.15, 0.2) is 53.0 Å². The first-order valence-corrected chi connectivity index (χ1v) is 9.30. The standard InChI is InChI=1S/C18H14BrN3O3S/c1-11-16(10-12-6-8-13(9-7-12)22(24)25)26-18(20-11)21-17(23)14-4-2-3-5-15(14)19/h2-9H,10H2,1H3,(H,20,21,23). The van der Waals surface area contributed by atoms with E-state index in [9.17, 15) is 14.9 Å². The van der Waals surface area contributed by atoms with Crippen LogP contribution in [0.5, 0.6) is 0 Å². The van der Waals surface area contributed by atoms with Gasteiger partial charge in [-0.2, -0.15) is 0 Å². The maximum atomic E-state index is 12.4. The first-order chi connectivity index (χ1) is 12.4. The number of amides is 1. The van der Waals surface area contributed by atoms with E-state index in [1.54, 1.807) is 24.3 Å². The van der Waals surface area contributed by atoms with Crippen molar-refractivity contribution in [3.8, 4) is 0 Å². The van der Waals surface area contributed by atoms with Gasteiger partial charge in [-0.15, -0.1) is 11.3 Å². The smallest absolute Gasteiger partial charge is 0.269 e. The predicted octanol–water partition coefficient (Wildman–Crippen LogP) is 4.97. The molecule has 3 rings (SSSR count). The first kappa shape index (κ1) is 18.2. The minimum Gasteiger partial charge on any atom is -0.298 e. The SMILES string of the molecule is Cc1nc(NC(=O)c2ccccc2Br)sc1Cc1ccc([N+](=O)[O-])cc1. The third-order valence-corrected chi connectivity index (χ3v) is 5.51. The van der Waals surface area contributed by atoms with E-state index in [0.29, 0.717) is 17.1 Å². The van der Waals surface area contributed by atoms with E-state index in [0.717, 1.165) is 20.6 Å². The highest BCUT2D eigenvalue weighted by Crippen LogP contribution is 2.27. The molecule has 0 saturated heterocycles. The van der Waals surface area contributed by atoms with Gasteiger partial charge >= 0.3 is 0 Å². The Morgan fingerprint density at radius 3 is 2.58 bits per heavy atom. The number of nitrogens with one attached hydrogen (secondary N) is 1. The van der Waals surface area contributed by atoms with E-state index in [-0.39, 0.29) is 11.6 Å². The molecule has 0 radical (unpaired) electrons. The normalized spacial score (nSPS) is 10.5. The Kier molecular flexibility index (Phi) is 5.43. The topological polar surface area (TPSA) is 85.1 Å². The highest BCUT2D eigenvalue weighted by Gasteiger charge is 2.14. The predicted molar refractivity (Wildman–Crippen MR) is 105 cm³/mol. The lowest BCUT2D eigenvalue weighted by atomic mass is 10.1. The number of carbonyl (C=O) groups is 1. The van der Waals surface area contributed by atoms with Crippen LogP contribution in [0.25, 0.3) is 0 Å². The number of thiazole rings is 1. The average Bonchev–Trinajstić information content (AvgIpc) is 2.94. The lowest BCUT2D eigenvalue weighted by molar-refractivity contribution is -0.384. The van der Waals surface area contributed by atoms with Crippen molar-refractivity contribution < 1.29 is 9.72 Å². The third-order valence-electron chi connectivity index (χ3n) is 3.74. The number of hydrogen-bond acceptors (Lipinski definition) is 5. The molecule has 3 aromatic rings. The van der Waals surface area contributed by atoms with Crippen LogP contribution in [-0.2, 0) is 6.42 Å². The zero-order valence-electron chi connectivity index (χ0n) is 13.7. The van der Waals surface area contributed by atoms with Crippen molar-refractivity contribution in [3.05, 3.63) is 84.8 Å². The van der Waals surface area contributed by atoms with E-state index in [1.807, 2.05) is 19.1 Å². The zero-order chi connectivity index (χ0) is 18.7. The fourth-order valence-electron chi connectivity index (χ4n) is 2.38. The van der Waals surface area contributed by atoms with E-state index in [2.05, 4.69) is 26.2 Å². The molecule has 0 aliphatic rings. The highest BCUT2D eigenvalue weighted by molar-refractivity contribution is 9.10. The summed E-state index contributed by atoms with van der Waals surface area (Å²) in [5, 5.41) is 14.1. The fourth-order valence-corrected chi connectivity index (χ4v) is 3.83. The van der Waals surface area contributed by atoms with Crippen LogP contribution in [0.1, 0.15) is 26.5 Å². The van der Waals surface area contributed by atoms with Crippen LogP contribution < -0.4 is 5.32 Å². The molecule has 0 aliphatic heterocycles. The number of aryl methyl sites for hydroxylation is 1. The number of rotatable bonds is 5. The van der Waals surface area contributed by atoms with E-state index in [1.165, 1.54) is 23.5 Å². The van der Waals surface area contributed by atoms with Crippen LogP contribution >= 0.6 is 27.3 Å². The molecule has 0 spiro atoms. The lowest BCUT2D eigenvalue weighted by Crippen LogP contribution is -2.12. The second kappa shape index (κ2) is 7.76. The summed E-state index contributed by atoms with van der Waals surface area (Å²) in [5.41, 5.74) is 2.38. The molecule has 0 aliphatic carbocycles. The quantitative estimate of drug-likeness (QED) is 0.456. The number of carbonyl (C=O) groups excluding carboxylic acids is 1. The molecule has 26 heavy (non-hydrogen) atoms. The minimum absolute atomic E-state index is 0.0659. The summed E-state index contributed by atoms with van der Waals surface area (Å²) in [4.78, 5) is 28.1. The summed E-state index contributed by atoms with van der Waals surface area (Å²) in [6, 6.07) is 13.6. The highest BCUT2D eigenvalue weighted by atomic mass is 79.9. The molecule has 0 atom stereocenters.